The van der Waals surface area contributed by atoms with E-state index in [9.17, 15) is 57.8 Å². The number of benzene rings is 2. The molecular weight excluding hydrogens is 1430 g/mol. The third-order valence-corrected chi connectivity index (χ3v) is 20.3. The van der Waals surface area contributed by atoms with Gasteiger partial charge in [0.05, 0.1) is 167 Å². The van der Waals surface area contributed by atoms with Crippen molar-refractivity contribution in [3.05, 3.63) is 110 Å². The maximum Gasteiger partial charge on any atom is 0.343 e. The second-order valence-electron chi connectivity index (χ2n) is 27.9. The summed E-state index contributed by atoms with van der Waals surface area (Å²) in [6.07, 6.45) is 4.82. The van der Waals surface area contributed by atoms with Gasteiger partial charge in [0.2, 0.25) is 17.7 Å². The summed E-state index contributed by atoms with van der Waals surface area (Å²) in [4.78, 5) is 151. The molecule has 0 bridgehead atoms. The topological polar surface area (TPSA) is 370 Å². The predicted molar refractivity (Wildman–Crippen MR) is 393 cm³/mol. The first-order valence-corrected chi connectivity index (χ1v) is 38.0. The Morgan fingerprint density at radius 2 is 1.26 bits per heavy atom. The van der Waals surface area contributed by atoms with E-state index >= 15 is 4.39 Å². The quantitative estimate of drug-likeness (QED) is 0.0245. The Morgan fingerprint density at radius 3 is 1.86 bits per heavy atom. The molecule has 9 rings (SSSR count). The summed E-state index contributed by atoms with van der Waals surface area (Å²) in [5.41, 5.74) is 2.10. The monoisotopic (exact) mass is 1540 g/mol. The number of halogens is 1. The molecule has 4 aromatic rings. The van der Waals surface area contributed by atoms with Crippen molar-refractivity contribution in [1.29, 1.82) is 0 Å². The van der Waals surface area contributed by atoms with E-state index in [0.29, 0.717) is 164 Å². The zero-order valence-corrected chi connectivity index (χ0v) is 63.3. The van der Waals surface area contributed by atoms with Crippen molar-refractivity contribution in [3.8, 4) is 11.4 Å². The van der Waals surface area contributed by atoms with Crippen LogP contribution in [0.25, 0.3) is 22.3 Å². The molecule has 3 aliphatic heterocycles. The number of carbonyl (C=O) groups excluding carboxylic acids is 10. The van der Waals surface area contributed by atoms with Crippen LogP contribution in [0.15, 0.2) is 59.4 Å². The van der Waals surface area contributed by atoms with Crippen molar-refractivity contribution >= 4 is 69.7 Å². The molecule has 4 atom stereocenters. The fraction of sp³-hybridized carbons (Fsp3) is 0.595. The summed E-state index contributed by atoms with van der Waals surface area (Å²) in [6, 6.07) is 11.4. The minimum Gasteiger partial charge on any atom is -0.458 e. The first-order valence-electron chi connectivity index (χ1n) is 38.0. The number of amides is 6. The van der Waals surface area contributed by atoms with Crippen molar-refractivity contribution in [1.82, 2.24) is 35.3 Å². The number of imide groups is 1. The number of fused-ring (bicyclic) bond motifs is 5. The van der Waals surface area contributed by atoms with E-state index in [1.165, 1.54) is 27.7 Å². The number of Topliss-reactive ketones (excluding diaryl/α,β-unsaturated/α-hetero) is 3. The highest BCUT2D eigenvalue weighted by Crippen LogP contribution is 2.47. The second-order valence-corrected chi connectivity index (χ2v) is 27.9. The lowest BCUT2D eigenvalue weighted by Gasteiger charge is -2.36. The van der Waals surface area contributed by atoms with Gasteiger partial charge in [-0.05, 0) is 99.5 Å². The summed E-state index contributed by atoms with van der Waals surface area (Å²) in [5, 5.41) is 20.3. The highest BCUT2D eigenvalue weighted by atomic mass is 19.1. The van der Waals surface area contributed by atoms with Crippen LogP contribution in [0.1, 0.15) is 123 Å². The van der Waals surface area contributed by atoms with Gasteiger partial charge >= 0.3 is 5.97 Å². The number of ketones is 3. The van der Waals surface area contributed by atoms with E-state index < -0.39 is 70.3 Å². The summed E-state index contributed by atoms with van der Waals surface area (Å²) < 4.78 is 77.9. The zero-order chi connectivity index (χ0) is 78.5. The first kappa shape index (κ1) is 85.5. The van der Waals surface area contributed by atoms with E-state index in [1.807, 2.05) is 6.07 Å². The third-order valence-electron chi connectivity index (χ3n) is 20.3. The van der Waals surface area contributed by atoms with Gasteiger partial charge in [-0.3, -0.25) is 52.8 Å². The van der Waals surface area contributed by atoms with Gasteiger partial charge in [-0.2, -0.15) is 0 Å². The number of nitrogens with one attached hydrogen (secondary N) is 3. The molecule has 2 aliphatic carbocycles. The fourth-order valence-electron chi connectivity index (χ4n) is 14.1. The lowest BCUT2D eigenvalue weighted by molar-refractivity contribution is -0.172. The smallest absolute Gasteiger partial charge is 0.343 e. The van der Waals surface area contributed by atoms with E-state index in [1.54, 1.807) is 63.1 Å². The van der Waals surface area contributed by atoms with Crippen molar-refractivity contribution in [2.75, 3.05) is 159 Å². The number of aromatic nitrogens is 2. The minimum atomic E-state index is -2.06. The maximum absolute atomic E-state index is 15.6. The molecular formula is C79H104FN7O23. The number of esters is 1. The number of rotatable bonds is 51. The number of nitrogens with zero attached hydrogens (tertiary/aromatic N) is 4. The van der Waals surface area contributed by atoms with Crippen molar-refractivity contribution < 1.29 is 110 Å². The Bertz CT molecular complexity index is 3940. The van der Waals surface area contributed by atoms with Gasteiger partial charge in [0.15, 0.2) is 23.0 Å². The highest BCUT2D eigenvalue weighted by Gasteiger charge is 2.46. The number of aryl methyl sites for hydroxylation is 1. The molecule has 0 spiro atoms. The molecule has 0 radical (unpaired) electrons. The molecule has 600 valence electrons. The van der Waals surface area contributed by atoms with E-state index in [-0.39, 0.29) is 138 Å². The average Bonchev–Trinajstić information content (AvgIpc) is 1.50. The molecule has 2 aromatic heterocycles. The molecule has 0 unspecified atom stereocenters. The van der Waals surface area contributed by atoms with Crippen LogP contribution in [0.3, 0.4) is 0 Å². The van der Waals surface area contributed by atoms with Gasteiger partial charge in [0.25, 0.3) is 23.3 Å². The summed E-state index contributed by atoms with van der Waals surface area (Å²) in [7, 11) is 1.64. The van der Waals surface area contributed by atoms with Crippen LogP contribution in [0.5, 0.6) is 0 Å². The Labute approximate surface area is 638 Å². The average molecular weight is 1540 g/mol. The molecule has 1 saturated carbocycles. The number of aliphatic hydroxyl groups is 1. The van der Waals surface area contributed by atoms with Gasteiger partial charge in [0, 0.05) is 92.4 Å². The van der Waals surface area contributed by atoms with Crippen LogP contribution in [0.4, 0.5) is 4.39 Å². The largest absolute Gasteiger partial charge is 0.458 e. The Kier molecular flexibility index (Phi) is 33.7. The molecule has 30 nitrogen and oxygen atoms in total. The second kappa shape index (κ2) is 43.4. The first-order chi connectivity index (χ1) is 53.2. The van der Waals surface area contributed by atoms with Crippen LogP contribution in [-0.4, -0.2) is 248 Å². The molecule has 5 aliphatic rings. The van der Waals surface area contributed by atoms with Crippen LogP contribution in [0, 0.1) is 30.5 Å². The van der Waals surface area contributed by atoms with E-state index in [4.69, 9.17) is 57.1 Å². The van der Waals surface area contributed by atoms with E-state index in [0.717, 1.165) is 36.8 Å². The van der Waals surface area contributed by atoms with Gasteiger partial charge in [-0.15, -0.1) is 0 Å². The summed E-state index contributed by atoms with van der Waals surface area (Å²) in [5.74, 6) is -5.25. The number of pyridine rings is 2. The van der Waals surface area contributed by atoms with Gasteiger partial charge in [-0.1, -0.05) is 37.3 Å². The summed E-state index contributed by atoms with van der Waals surface area (Å²) in [6.45, 7) is 10.4. The lowest BCUT2D eigenvalue weighted by Crippen LogP contribution is -2.44. The highest BCUT2D eigenvalue weighted by molar-refractivity contribution is 6.13. The van der Waals surface area contributed by atoms with Crippen LogP contribution in [-0.2, 0) is 132 Å². The molecule has 31 heteroatoms. The van der Waals surface area contributed by atoms with Crippen LogP contribution >= 0.6 is 0 Å². The lowest BCUT2D eigenvalue weighted by atomic mass is 9.81. The molecule has 0 saturated heterocycles. The Hall–Kier alpha value is -8.47. The molecule has 4 N–H and O–H groups in total. The van der Waals surface area contributed by atoms with Gasteiger partial charge < -0.3 is 82.6 Å². The number of hydrogen-bond donors (Lipinski definition) is 4. The molecule has 6 amide bonds. The van der Waals surface area contributed by atoms with Gasteiger partial charge in [0.1, 0.15) is 25.1 Å². The number of cyclic esters (lactones) is 1. The maximum atomic E-state index is 15.6. The number of carbonyl (C=O) groups is 10. The standard InChI is InChI=1S/C79H104FN7O23/c1-5-79(99)63-43-67-73-61(48-86(67)77(97)62(63)50-110-78(79)98)72-66(17-16-60-51(2)64(80)44-65(84-73)71(60)72)85(4)76(96)52(3)109-23-21-57(88)45-83-75(95)56(41-53-9-7-6-8-10-53)42-59(90)46-82-68(91)18-15-58(89)49-108-40-39-107-38-37-106-36-35-105-34-33-104-32-31-103-30-29-102-28-27-101-26-25-100-24-22-81-74(94)55-13-11-54(12-14-55)47-87-69(92)19-20-70(87)93/h6-10,19-20,43-44,52,54-56,66,99H,5,11-18,21-42,45-50H2,1-4H3,(H,81,94)(H,82,91)(H,83,95)/t52-,54?,55?,56+,66+,79+/m1/s1. The van der Waals surface area contributed by atoms with Crippen LogP contribution in [0.2, 0.25) is 0 Å². The molecule has 2 aromatic carbocycles. The van der Waals surface area contributed by atoms with Crippen molar-refractivity contribution in [2.45, 2.75) is 129 Å². The number of likely N-dealkylation sites (N-methyl/N-ethyl adjacent to an activating group) is 1. The summed E-state index contributed by atoms with van der Waals surface area (Å²) >= 11 is 0. The number of ether oxygens (including phenoxy) is 11. The van der Waals surface area contributed by atoms with Crippen molar-refractivity contribution in [2.24, 2.45) is 17.8 Å². The number of hydrogen-bond acceptors (Lipinski definition) is 24. The van der Waals surface area contributed by atoms with Gasteiger partial charge in [-0.25, -0.2) is 14.2 Å². The molecule has 5 heterocycles. The van der Waals surface area contributed by atoms with Crippen LogP contribution < -0.4 is 21.5 Å². The molecule has 110 heavy (non-hydrogen) atoms. The Morgan fingerprint density at radius 1 is 0.682 bits per heavy atom. The van der Waals surface area contributed by atoms with Crippen molar-refractivity contribution in [3.63, 3.8) is 0 Å². The molecule has 1 fully saturated rings. The Balaban J connectivity index is 0.550. The SMILES string of the molecule is CC[C@@]1(O)C(=O)OCc2c1cc1n(c2=O)Cc2c-1nc1cc(F)c(C)c3c1c2[C@@H](N(C)C(=O)[C@@H](C)OCCC(=O)CNC(=O)[C@H](CC(=O)CNC(=O)CCC(=O)COCCOCCOCCOCCOCCOCCOCCOCCOCCNC(=O)C1CCC(CN2C(=O)C=CC2=O)CC1)Cc1ccccc1)CC3. The minimum absolute atomic E-state index is 0.00777. The third kappa shape index (κ3) is 24.0. The normalized spacial score (nSPS) is 18.2. The van der Waals surface area contributed by atoms with E-state index in [2.05, 4.69) is 16.0 Å². The zero-order valence-electron chi connectivity index (χ0n) is 63.3. The predicted octanol–water partition coefficient (Wildman–Crippen LogP) is 3.73. The fourth-order valence-corrected chi connectivity index (χ4v) is 14.1.